The van der Waals surface area contributed by atoms with E-state index < -0.39 is 0 Å². The van der Waals surface area contributed by atoms with E-state index in [0.717, 1.165) is 16.9 Å². The third kappa shape index (κ3) is 1.50. The van der Waals surface area contributed by atoms with E-state index in [4.69, 9.17) is 5.73 Å². The van der Waals surface area contributed by atoms with Crippen molar-refractivity contribution in [2.75, 3.05) is 5.73 Å². The molecule has 2 nitrogen and oxygen atoms in total. The molecule has 0 aliphatic heterocycles. The second-order valence-corrected chi connectivity index (χ2v) is 3.08. The molecule has 0 fully saturated rings. The third-order valence-electron chi connectivity index (χ3n) is 1.79. The summed E-state index contributed by atoms with van der Waals surface area (Å²) in [4.78, 5) is 4.21. The van der Waals surface area contributed by atoms with E-state index in [-0.39, 0.29) is 0 Å². The lowest BCUT2D eigenvalue weighted by Crippen LogP contribution is -2.01. The molecule has 0 unspecified atom stereocenters. The van der Waals surface area contributed by atoms with Crippen LogP contribution < -0.4 is 5.73 Å². The van der Waals surface area contributed by atoms with Gasteiger partial charge in [-0.1, -0.05) is 13.8 Å². The number of nitrogens with zero attached hydrogens (tertiary/aromatic N) is 1. The van der Waals surface area contributed by atoms with Gasteiger partial charge in [0.25, 0.3) is 0 Å². The zero-order valence-corrected chi connectivity index (χ0v) is 7.26. The predicted molar refractivity (Wildman–Crippen MR) is 47.5 cm³/mol. The van der Waals surface area contributed by atoms with E-state index in [0.29, 0.717) is 5.92 Å². The lowest BCUT2D eigenvalue weighted by Gasteiger charge is -2.09. The molecule has 0 spiro atoms. The largest absolute Gasteiger partial charge is 0.397 e. The van der Waals surface area contributed by atoms with Gasteiger partial charge < -0.3 is 5.73 Å². The first-order chi connectivity index (χ1) is 5.13. The van der Waals surface area contributed by atoms with Gasteiger partial charge in [0.2, 0.25) is 0 Å². The molecule has 0 aliphatic rings. The lowest BCUT2D eigenvalue weighted by molar-refractivity contribution is 0.825. The highest BCUT2D eigenvalue weighted by Crippen LogP contribution is 2.21. The van der Waals surface area contributed by atoms with Crippen molar-refractivity contribution >= 4 is 5.69 Å². The Bertz CT molecular complexity index is 254. The van der Waals surface area contributed by atoms with Crippen LogP contribution in [0.15, 0.2) is 12.3 Å². The van der Waals surface area contributed by atoms with E-state index in [1.165, 1.54) is 0 Å². The number of nitrogens with two attached hydrogens (primary N) is 1. The van der Waals surface area contributed by atoms with Gasteiger partial charge in [0, 0.05) is 6.20 Å². The number of hydrogen-bond acceptors (Lipinski definition) is 2. The molecule has 0 aliphatic carbocycles. The summed E-state index contributed by atoms with van der Waals surface area (Å²) < 4.78 is 0. The Hall–Kier alpha value is -1.05. The molecular formula is C9H14N2. The summed E-state index contributed by atoms with van der Waals surface area (Å²) in [5.74, 6) is 0.412. The van der Waals surface area contributed by atoms with Crippen LogP contribution in [0.1, 0.15) is 31.0 Å². The fraction of sp³-hybridized carbons (Fsp3) is 0.444. The zero-order chi connectivity index (χ0) is 8.43. The minimum Gasteiger partial charge on any atom is -0.397 e. The van der Waals surface area contributed by atoms with E-state index in [1.807, 2.05) is 13.0 Å². The van der Waals surface area contributed by atoms with Crippen LogP contribution >= 0.6 is 0 Å². The molecule has 0 saturated carbocycles. The maximum Gasteiger partial charge on any atom is 0.0660 e. The number of rotatable bonds is 1. The zero-order valence-electron chi connectivity index (χ0n) is 7.26. The normalized spacial score (nSPS) is 10.5. The Labute approximate surface area is 67.5 Å². The predicted octanol–water partition coefficient (Wildman–Crippen LogP) is 2.10. The van der Waals surface area contributed by atoms with Gasteiger partial charge in [-0.05, 0) is 24.5 Å². The number of hydrogen-bond donors (Lipinski definition) is 1. The van der Waals surface area contributed by atoms with Crippen LogP contribution in [0.2, 0.25) is 0 Å². The standard InChI is InChI=1S/C9H14N2/c1-6(2)9-8(10)7(3)4-5-11-9/h4-6H,10H2,1-3H3. The Balaban J connectivity index is 3.17. The van der Waals surface area contributed by atoms with E-state index in [2.05, 4.69) is 18.8 Å². The first-order valence-corrected chi connectivity index (χ1v) is 3.84. The monoisotopic (exact) mass is 150 g/mol. The van der Waals surface area contributed by atoms with Gasteiger partial charge in [-0.3, -0.25) is 4.98 Å². The second kappa shape index (κ2) is 2.91. The van der Waals surface area contributed by atoms with Crippen LogP contribution in [0.4, 0.5) is 5.69 Å². The van der Waals surface area contributed by atoms with Crippen molar-refractivity contribution in [3.63, 3.8) is 0 Å². The minimum atomic E-state index is 0.412. The molecule has 0 bridgehead atoms. The summed E-state index contributed by atoms with van der Waals surface area (Å²) in [5, 5.41) is 0. The first kappa shape index (κ1) is 8.05. The van der Waals surface area contributed by atoms with Gasteiger partial charge in [0.05, 0.1) is 11.4 Å². The quantitative estimate of drug-likeness (QED) is 0.665. The number of anilines is 1. The van der Waals surface area contributed by atoms with Gasteiger partial charge >= 0.3 is 0 Å². The fourth-order valence-electron chi connectivity index (χ4n) is 1.05. The van der Waals surface area contributed by atoms with Crippen molar-refractivity contribution in [1.82, 2.24) is 4.98 Å². The fourth-order valence-corrected chi connectivity index (χ4v) is 1.05. The van der Waals surface area contributed by atoms with Crippen molar-refractivity contribution in [2.24, 2.45) is 0 Å². The molecule has 1 rings (SSSR count). The Morgan fingerprint density at radius 2 is 2.09 bits per heavy atom. The second-order valence-electron chi connectivity index (χ2n) is 3.08. The molecule has 11 heavy (non-hydrogen) atoms. The summed E-state index contributed by atoms with van der Waals surface area (Å²) in [6.45, 7) is 6.19. The number of nitrogen functional groups attached to an aromatic ring is 1. The maximum absolute atomic E-state index is 5.82. The molecule has 1 aromatic rings. The third-order valence-corrected chi connectivity index (χ3v) is 1.79. The van der Waals surface area contributed by atoms with E-state index in [9.17, 15) is 0 Å². The van der Waals surface area contributed by atoms with E-state index in [1.54, 1.807) is 6.20 Å². The smallest absolute Gasteiger partial charge is 0.0660 e. The summed E-state index contributed by atoms with van der Waals surface area (Å²) in [6.07, 6.45) is 1.81. The van der Waals surface area contributed by atoms with Gasteiger partial charge in [0.15, 0.2) is 0 Å². The van der Waals surface area contributed by atoms with Gasteiger partial charge in [-0.25, -0.2) is 0 Å². The minimum absolute atomic E-state index is 0.412. The Morgan fingerprint density at radius 1 is 1.45 bits per heavy atom. The SMILES string of the molecule is Cc1ccnc(C(C)C)c1N. The van der Waals surface area contributed by atoms with E-state index >= 15 is 0 Å². The van der Waals surface area contributed by atoms with Crippen molar-refractivity contribution in [3.8, 4) is 0 Å². The lowest BCUT2D eigenvalue weighted by atomic mass is 10.1. The number of aromatic nitrogens is 1. The summed E-state index contributed by atoms with van der Waals surface area (Å²) >= 11 is 0. The number of aryl methyl sites for hydroxylation is 1. The van der Waals surface area contributed by atoms with Crippen LogP contribution in [0.5, 0.6) is 0 Å². The van der Waals surface area contributed by atoms with Crippen molar-refractivity contribution in [1.29, 1.82) is 0 Å². The molecule has 2 N–H and O–H groups in total. The molecule has 2 heteroatoms. The van der Waals surface area contributed by atoms with Crippen LogP contribution in [-0.4, -0.2) is 4.98 Å². The molecule has 0 amide bonds. The van der Waals surface area contributed by atoms with Gasteiger partial charge in [-0.15, -0.1) is 0 Å². The van der Waals surface area contributed by atoms with Crippen molar-refractivity contribution in [3.05, 3.63) is 23.5 Å². The van der Waals surface area contributed by atoms with Crippen LogP contribution in [-0.2, 0) is 0 Å². The maximum atomic E-state index is 5.82. The number of pyridine rings is 1. The summed E-state index contributed by atoms with van der Waals surface area (Å²) in [6, 6.07) is 1.93. The highest BCUT2D eigenvalue weighted by molar-refractivity contribution is 5.50. The van der Waals surface area contributed by atoms with Crippen LogP contribution in [0.25, 0.3) is 0 Å². The molecule has 0 saturated heterocycles. The van der Waals surface area contributed by atoms with Crippen LogP contribution in [0, 0.1) is 6.92 Å². The topological polar surface area (TPSA) is 38.9 Å². The Morgan fingerprint density at radius 3 is 2.55 bits per heavy atom. The highest BCUT2D eigenvalue weighted by atomic mass is 14.7. The molecule has 0 radical (unpaired) electrons. The summed E-state index contributed by atoms with van der Waals surface area (Å²) in [7, 11) is 0. The first-order valence-electron chi connectivity index (χ1n) is 3.84. The average molecular weight is 150 g/mol. The van der Waals surface area contributed by atoms with Gasteiger partial charge in [0.1, 0.15) is 0 Å². The van der Waals surface area contributed by atoms with Crippen LogP contribution in [0.3, 0.4) is 0 Å². The average Bonchev–Trinajstić information content (AvgIpc) is 1.94. The van der Waals surface area contributed by atoms with Gasteiger partial charge in [-0.2, -0.15) is 0 Å². The Kier molecular flexibility index (Phi) is 2.13. The molecule has 60 valence electrons. The molecular weight excluding hydrogens is 136 g/mol. The highest BCUT2D eigenvalue weighted by Gasteiger charge is 2.05. The molecule has 0 aromatic carbocycles. The van der Waals surface area contributed by atoms with Crippen molar-refractivity contribution in [2.45, 2.75) is 26.7 Å². The molecule has 1 heterocycles. The van der Waals surface area contributed by atoms with Crippen molar-refractivity contribution < 1.29 is 0 Å². The molecule has 1 aromatic heterocycles. The summed E-state index contributed by atoms with van der Waals surface area (Å²) in [5.41, 5.74) is 8.78. The molecule has 0 atom stereocenters.